The van der Waals surface area contributed by atoms with Gasteiger partial charge in [-0.05, 0) is 61.1 Å². The third-order valence-corrected chi connectivity index (χ3v) is 10.0. The van der Waals surface area contributed by atoms with Gasteiger partial charge in [0.25, 0.3) is 20.2 Å². The molecule has 258 valence electrons. The van der Waals surface area contributed by atoms with Gasteiger partial charge in [0, 0.05) is 12.1 Å². The SMILES string of the molecule is CCCCCCCCCCCCc1cc(Oc2cc(CCCCCCCCCCCC)cc(S(=O)(=O)O)c2)cc(S(=O)(=O)O)c1.[H-].[Na+]. The van der Waals surface area contributed by atoms with E-state index in [1.807, 2.05) is 0 Å². The van der Waals surface area contributed by atoms with Crippen molar-refractivity contribution in [3.63, 3.8) is 0 Å². The molecule has 0 fully saturated rings. The molecular formula is C36H59NaO7S2. The van der Waals surface area contributed by atoms with Crippen LogP contribution in [0.3, 0.4) is 0 Å². The van der Waals surface area contributed by atoms with Crippen LogP contribution in [0.5, 0.6) is 11.5 Å². The van der Waals surface area contributed by atoms with Crippen LogP contribution < -0.4 is 34.3 Å². The van der Waals surface area contributed by atoms with Crippen molar-refractivity contribution in [1.29, 1.82) is 0 Å². The van der Waals surface area contributed by atoms with Gasteiger partial charge in [0.05, 0.1) is 9.79 Å². The Morgan fingerprint density at radius 1 is 0.478 bits per heavy atom. The van der Waals surface area contributed by atoms with Crippen molar-refractivity contribution in [3.05, 3.63) is 47.5 Å². The fourth-order valence-electron chi connectivity index (χ4n) is 5.73. The minimum Gasteiger partial charge on any atom is -1.00 e. The Kier molecular flexibility index (Phi) is 22.7. The fraction of sp³-hybridized carbons (Fsp3) is 0.667. The summed E-state index contributed by atoms with van der Waals surface area (Å²) in [7, 11) is -8.95. The molecule has 0 unspecified atom stereocenters. The Morgan fingerprint density at radius 2 is 0.761 bits per heavy atom. The topological polar surface area (TPSA) is 118 Å². The van der Waals surface area contributed by atoms with Crippen LogP contribution in [0.25, 0.3) is 0 Å². The van der Waals surface area contributed by atoms with Gasteiger partial charge < -0.3 is 6.16 Å². The van der Waals surface area contributed by atoms with Gasteiger partial charge in [0.2, 0.25) is 0 Å². The third kappa shape index (κ3) is 19.2. The van der Waals surface area contributed by atoms with Crippen molar-refractivity contribution in [2.24, 2.45) is 0 Å². The van der Waals surface area contributed by atoms with E-state index in [0.717, 1.165) is 49.7 Å². The molecule has 2 N–H and O–H groups in total. The van der Waals surface area contributed by atoms with Crippen LogP contribution >= 0.6 is 0 Å². The molecule has 0 saturated heterocycles. The van der Waals surface area contributed by atoms with E-state index in [-0.39, 0.29) is 52.3 Å². The summed E-state index contributed by atoms with van der Waals surface area (Å²) >= 11 is 0. The molecular weight excluding hydrogens is 632 g/mol. The Hall–Kier alpha value is -0.940. The van der Waals surface area contributed by atoms with E-state index in [0.29, 0.717) is 12.8 Å². The zero-order valence-electron chi connectivity index (χ0n) is 29.8. The Bertz CT molecular complexity index is 1230. The molecule has 0 aliphatic carbocycles. The number of hydrogen-bond donors (Lipinski definition) is 2. The van der Waals surface area contributed by atoms with Gasteiger partial charge in [0.15, 0.2) is 0 Å². The van der Waals surface area contributed by atoms with Crippen LogP contribution in [0, 0.1) is 0 Å². The average Bonchev–Trinajstić information content (AvgIpc) is 2.98. The molecule has 10 heteroatoms. The van der Waals surface area contributed by atoms with Crippen LogP contribution in [0.4, 0.5) is 0 Å². The van der Waals surface area contributed by atoms with Crippen molar-refractivity contribution < 1.29 is 61.7 Å². The van der Waals surface area contributed by atoms with E-state index in [4.69, 9.17) is 4.74 Å². The Balaban J connectivity index is 0.0000106. The quantitative estimate of drug-likeness (QED) is 0.0583. The van der Waals surface area contributed by atoms with Crippen LogP contribution in [-0.2, 0) is 33.1 Å². The van der Waals surface area contributed by atoms with E-state index in [1.165, 1.54) is 114 Å². The minimum absolute atomic E-state index is 0. The van der Waals surface area contributed by atoms with Crippen molar-refractivity contribution in [1.82, 2.24) is 0 Å². The smallest absolute Gasteiger partial charge is 1.00 e. The van der Waals surface area contributed by atoms with E-state index in [1.54, 1.807) is 12.1 Å². The Labute approximate surface area is 304 Å². The first kappa shape index (κ1) is 43.1. The second-order valence-electron chi connectivity index (χ2n) is 12.5. The molecule has 46 heavy (non-hydrogen) atoms. The molecule has 0 spiro atoms. The van der Waals surface area contributed by atoms with Gasteiger partial charge in [-0.25, -0.2) is 0 Å². The van der Waals surface area contributed by atoms with E-state index < -0.39 is 20.2 Å². The zero-order valence-corrected chi connectivity index (χ0v) is 32.4. The molecule has 0 aliphatic heterocycles. The summed E-state index contributed by atoms with van der Waals surface area (Å²) in [6.07, 6.45) is 25.1. The summed E-state index contributed by atoms with van der Waals surface area (Å²) in [5, 5.41) is 0. The monoisotopic (exact) mass is 690 g/mol. The molecule has 2 aromatic rings. The van der Waals surface area contributed by atoms with Crippen molar-refractivity contribution in [2.75, 3.05) is 0 Å². The summed E-state index contributed by atoms with van der Waals surface area (Å²) in [5.41, 5.74) is 1.44. The summed E-state index contributed by atoms with van der Waals surface area (Å²) in [6.45, 7) is 4.44. The normalized spacial score (nSPS) is 11.8. The predicted molar refractivity (Wildman–Crippen MR) is 185 cm³/mol. The number of unbranched alkanes of at least 4 members (excludes halogenated alkanes) is 18. The van der Waals surface area contributed by atoms with Crippen LogP contribution in [0.1, 0.15) is 155 Å². The van der Waals surface area contributed by atoms with Crippen molar-refractivity contribution in [2.45, 2.75) is 165 Å². The molecule has 0 heterocycles. The van der Waals surface area contributed by atoms with Crippen LogP contribution in [0.2, 0.25) is 0 Å². The second-order valence-corrected chi connectivity index (χ2v) is 15.4. The molecule has 0 aliphatic rings. The number of aryl methyl sites for hydroxylation is 2. The number of ether oxygens (including phenoxy) is 1. The first-order chi connectivity index (χ1) is 21.5. The molecule has 0 atom stereocenters. The molecule has 0 amide bonds. The maximum Gasteiger partial charge on any atom is 1.00 e. The Morgan fingerprint density at radius 3 is 1.04 bits per heavy atom. The van der Waals surface area contributed by atoms with Gasteiger partial charge in [-0.15, -0.1) is 0 Å². The molecule has 2 rings (SSSR count). The predicted octanol–water partition coefficient (Wildman–Crippen LogP) is 8.02. The summed E-state index contributed by atoms with van der Waals surface area (Å²) in [4.78, 5) is -0.530. The molecule has 0 radical (unpaired) electrons. The van der Waals surface area contributed by atoms with Gasteiger partial charge in [-0.3, -0.25) is 9.11 Å². The van der Waals surface area contributed by atoms with Gasteiger partial charge in [-0.1, -0.05) is 129 Å². The van der Waals surface area contributed by atoms with E-state index in [2.05, 4.69) is 13.8 Å². The second kappa shape index (κ2) is 24.2. The maximum atomic E-state index is 12.0. The first-order valence-corrected chi connectivity index (χ1v) is 20.3. The van der Waals surface area contributed by atoms with Gasteiger partial charge in [0.1, 0.15) is 11.5 Å². The standard InChI is InChI=1S/C36H58O7S2.Na.H/c1-3-5-7-9-11-13-15-17-19-21-23-31-25-33(29-35(27-31)44(37,38)39)43-34-26-32(28-36(30-34)45(40,41)42)24-22-20-18-16-14-12-10-8-6-4-2;;/h25-30H,3-24H2,1-2H3,(H,37,38,39)(H,40,41,42);;/q;+1;-1. The summed E-state index contributed by atoms with van der Waals surface area (Å²) in [6, 6.07) is 8.84. The van der Waals surface area contributed by atoms with E-state index >= 15 is 0 Å². The third-order valence-electron chi connectivity index (χ3n) is 8.35. The zero-order chi connectivity index (χ0) is 33.0. The largest absolute Gasteiger partial charge is 1.00 e. The summed E-state index contributed by atoms with van der Waals surface area (Å²) < 4.78 is 73.6. The van der Waals surface area contributed by atoms with Crippen molar-refractivity contribution >= 4 is 20.2 Å². The molecule has 7 nitrogen and oxygen atoms in total. The average molecular weight is 691 g/mol. The molecule has 2 aromatic carbocycles. The summed E-state index contributed by atoms with van der Waals surface area (Å²) in [5.74, 6) is 0.370. The van der Waals surface area contributed by atoms with Crippen molar-refractivity contribution in [3.8, 4) is 11.5 Å². The first-order valence-electron chi connectivity index (χ1n) is 17.4. The fourth-order valence-corrected chi connectivity index (χ4v) is 6.87. The molecule has 0 bridgehead atoms. The van der Waals surface area contributed by atoms with Crippen LogP contribution in [0.15, 0.2) is 46.2 Å². The van der Waals surface area contributed by atoms with Gasteiger partial charge >= 0.3 is 29.6 Å². The molecule has 0 aromatic heterocycles. The molecule has 0 saturated carbocycles. The number of hydrogen-bond acceptors (Lipinski definition) is 5. The number of rotatable bonds is 26. The number of benzene rings is 2. The maximum absolute atomic E-state index is 12.0. The minimum atomic E-state index is -4.48. The van der Waals surface area contributed by atoms with Crippen LogP contribution in [-0.4, -0.2) is 25.9 Å². The van der Waals surface area contributed by atoms with E-state index in [9.17, 15) is 25.9 Å². The van der Waals surface area contributed by atoms with Gasteiger partial charge in [-0.2, -0.15) is 16.8 Å².